The molecule has 19 nitrogen and oxygen atoms in total. The highest BCUT2D eigenvalue weighted by Gasteiger charge is 2.53. The Balaban J connectivity index is 6.33. The summed E-state index contributed by atoms with van der Waals surface area (Å²) in [5.41, 5.74) is 0. The van der Waals surface area contributed by atoms with Crippen molar-refractivity contribution in [3.63, 3.8) is 0 Å². The summed E-state index contributed by atoms with van der Waals surface area (Å²) in [7, 11) is -24.2. The minimum absolute atomic E-state index is 0.513. The van der Waals surface area contributed by atoms with Crippen LogP contribution in [0.4, 0.5) is 0 Å². The molecule has 0 fully saturated rings. The van der Waals surface area contributed by atoms with Crippen LogP contribution in [0.5, 0.6) is 0 Å². The number of hydrogen-bond acceptors (Lipinski definition) is 18. The molecule has 0 radical (unpaired) electrons. The lowest BCUT2D eigenvalue weighted by atomic mass is 10.7. The van der Waals surface area contributed by atoms with Crippen LogP contribution in [-0.2, 0) is 54.5 Å². The summed E-state index contributed by atoms with van der Waals surface area (Å²) in [4.78, 5) is 61.8. The molecule has 0 saturated heterocycles. The van der Waals surface area contributed by atoms with Gasteiger partial charge in [0.25, 0.3) is 0 Å². The van der Waals surface area contributed by atoms with Crippen LogP contribution in [0.1, 0.15) is 0 Å². The molecule has 0 bridgehead atoms. The molecule has 7 unspecified atom stereocenters. The van der Waals surface area contributed by atoms with Crippen LogP contribution in [0.2, 0.25) is 0 Å². The first-order valence-electron chi connectivity index (χ1n) is 5.49. The maximum Gasteiger partial charge on any atom is 0.699 e. The second-order valence-corrected chi connectivity index (χ2v) is 7.33. The summed E-state index contributed by atoms with van der Waals surface area (Å²) in [6, 6.07) is 0. The van der Waals surface area contributed by atoms with Crippen molar-refractivity contribution in [3.05, 3.63) is 0 Å². The van der Waals surface area contributed by atoms with Gasteiger partial charge in [-0.15, -0.1) is 9.79 Å². The fourth-order valence-corrected chi connectivity index (χ4v) is 3.13. The molecule has 0 aromatic rings. The lowest BCUT2D eigenvalue weighted by molar-refractivity contribution is -0.337. The van der Waals surface area contributed by atoms with Crippen LogP contribution in [0.15, 0.2) is 0 Å². The minimum atomic E-state index is -4.08. The van der Waals surface area contributed by atoms with Crippen LogP contribution >= 0.6 is 49.5 Å². The van der Waals surface area contributed by atoms with Crippen molar-refractivity contribution in [3.8, 4) is 0 Å². The molecule has 0 spiro atoms. The Labute approximate surface area is 158 Å². The average Bonchev–Trinajstić information content (AvgIpc) is 2.42. The van der Waals surface area contributed by atoms with Crippen molar-refractivity contribution >= 4 is 49.5 Å². The molecular weight excluding hydrogens is 524 g/mol. The van der Waals surface area contributed by atoms with E-state index in [2.05, 4.69) is 27.1 Å². The van der Waals surface area contributed by atoms with E-state index in [1.54, 1.807) is 0 Å². The van der Waals surface area contributed by atoms with E-state index in [9.17, 15) is 51.9 Å². The number of nitrogens with zero attached hydrogens (tertiary/aromatic N) is 1. The lowest BCUT2D eigenvalue weighted by Gasteiger charge is -2.27. The average molecular weight is 528 g/mol. The van der Waals surface area contributed by atoms with Crippen molar-refractivity contribution in [1.29, 1.82) is 0 Å². The normalized spacial score (nSPS) is 18.1. The maximum absolute atomic E-state index is 10.8. The van der Waals surface area contributed by atoms with Crippen LogP contribution in [0.3, 0.4) is 0 Å². The summed E-state index contributed by atoms with van der Waals surface area (Å²) in [5.74, 6) is 0. The van der Waals surface area contributed by atoms with Crippen molar-refractivity contribution in [2.45, 2.75) is 19.2 Å². The third-order valence-corrected chi connectivity index (χ3v) is 3.91. The predicted octanol–water partition coefficient (Wildman–Crippen LogP) is -3.02. The minimum Gasteiger partial charge on any atom is -0.566 e. The van der Waals surface area contributed by atoms with Gasteiger partial charge in [-0.25, -0.2) is 0 Å². The van der Waals surface area contributed by atoms with Crippen LogP contribution in [0, 0.1) is 0 Å². The summed E-state index contributed by atoms with van der Waals surface area (Å²) in [6.45, 7) is 0. The topological polar surface area (TPSA) is 297 Å². The quantitative estimate of drug-likeness (QED) is 0.163. The Morgan fingerprint density at radius 1 is 0.536 bits per heavy atom. The molecule has 7 atom stereocenters. The SMILES string of the molecule is O=[P+]([O-])OC(O[P+](=O)[O-])N(C(O[P+](=O)[O-])O[P+](=O)[O-])C(O[P+](=O)[O-])O[P+](=O)O. The molecule has 0 aliphatic rings. The molecule has 0 saturated carbocycles. The van der Waals surface area contributed by atoms with Gasteiger partial charge in [-0.05, 0) is 22.8 Å². The second kappa shape index (κ2) is 14.1. The fraction of sp³-hybridized carbons (Fsp3) is 1.00. The summed E-state index contributed by atoms with van der Waals surface area (Å²) in [5, 5.41) is 0. The molecule has 0 heterocycles. The van der Waals surface area contributed by atoms with Crippen molar-refractivity contribution in [1.82, 2.24) is 4.90 Å². The van der Waals surface area contributed by atoms with Gasteiger partial charge in [-0.1, -0.05) is 27.1 Å². The molecule has 0 aromatic heterocycles. The Morgan fingerprint density at radius 2 is 0.750 bits per heavy atom. The van der Waals surface area contributed by atoms with E-state index in [0.29, 0.717) is 0 Å². The Bertz CT molecular complexity index is 503. The molecule has 0 amide bonds. The molecule has 28 heavy (non-hydrogen) atoms. The van der Waals surface area contributed by atoms with Gasteiger partial charge in [0.1, 0.15) is 0 Å². The van der Waals surface area contributed by atoms with E-state index in [0.717, 1.165) is 0 Å². The van der Waals surface area contributed by atoms with Gasteiger partial charge >= 0.3 is 68.8 Å². The summed E-state index contributed by atoms with van der Waals surface area (Å²) >= 11 is 0. The predicted molar refractivity (Wildman–Crippen MR) is 67.6 cm³/mol. The first kappa shape index (κ1) is 28.1. The molecule has 0 rings (SSSR count). The van der Waals surface area contributed by atoms with Crippen molar-refractivity contribution < 1.29 is 83.9 Å². The Kier molecular flexibility index (Phi) is 14.2. The Hall–Kier alpha value is 0.0800. The standard InChI is InChI=1S/C3H3NO18P6/c5-23(6)17-1(18-24(7)8)4(2(19-25(9)10)20-26(11)12)3(21-27(13)14)22-28(15)16/h1-3H/p+1. The first-order valence-corrected chi connectivity index (χ1v) is 12.1. The van der Waals surface area contributed by atoms with E-state index in [1.807, 2.05) is 0 Å². The fourth-order valence-electron chi connectivity index (χ4n) is 1.13. The van der Waals surface area contributed by atoms with Gasteiger partial charge in [-0.3, -0.25) is 0 Å². The third kappa shape index (κ3) is 12.6. The molecule has 0 aliphatic heterocycles. The molecule has 0 aliphatic carbocycles. The highest BCUT2D eigenvalue weighted by Crippen LogP contribution is 2.37. The highest BCUT2D eigenvalue weighted by molar-refractivity contribution is 7.32. The largest absolute Gasteiger partial charge is 0.699 e. The van der Waals surface area contributed by atoms with Crippen molar-refractivity contribution in [2.24, 2.45) is 0 Å². The monoisotopic (exact) mass is 528 g/mol. The van der Waals surface area contributed by atoms with Crippen LogP contribution in [-0.4, -0.2) is 29.0 Å². The van der Waals surface area contributed by atoms with Gasteiger partial charge in [0.2, 0.25) is 0 Å². The zero-order valence-corrected chi connectivity index (χ0v) is 17.6. The lowest BCUT2D eigenvalue weighted by Crippen LogP contribution is -2.53. The van der Waals surface area contributed by atoms with E-state index < -0.39 is 73.7 Å². The Morgan fingerprint density at radius 3 is 0.929 bits per heavy atom. The number of rotatable bonds is 15. The maximum atomic E-state index is 10.8. The zero-order chi connectivity index (χ0) is 22.0. The number of hydrogen-bond donors (Lipinski definition) is 1. The van der Waals surface area contributed by atoms with E-state index >= 15 is 0 Å². The smallest absolute Gasteiger partial charge is 0.566 e. The molecule has 0 aromatic carbocycles. The third-order valence-electron chi connectivity index (χ3n) is 1.79. The van der Waals surface area contributed by atoms with Gasteiger partial charge in [0.05, 0.1) is 0 Å². The molecule has 158 valence electrons. The highest BCUT2D eigenvalue weighted by atomic mass is 31.1. The molecular formula is C3H4NO18P6+. The summed E-state index contributed by atoms with van der Waals surface area (Å²) in [6.07, 6.45) is -8.99. The van der Waals surface area contributed by atoms with Gasteiger partial charge in [0, 0.05) is 4.57 Å². The van der Waals surface area contributed by atoms with Crippen LogP contribution in [0.25, 0.3) is 0 Å². The van der Waals surface area contributed by atoms with E-state index in [-0.39, 0.29) is 0 Å². The van der Waals surface area contributed by atoms with E-state index in [1.165, 1.54) is 0 Å². The summed E-state index contributed by atoms with van der Waals surface area (Å²) < 4.78 is 87.9. The van der Waals surface area contributed by atoms with Gasteiger partial charge in [-0.2, -0.15) is 0 Å². The van der Waals surface area contributed by atoms with Crippen LogP contribution < -0.4 is 24.5 Å². The van der Waals surface area contributed by atoms with E-state index in [4.69, 9.17) is 4.89 Å². The van der Waals surface area contributed by atoms with Gasteiger partial charge < -0.3 is 24.5 Å². The second-order valence-electron chi connectivity index (χ2n) is 3.36. The van der Waals surface area contributed by atoms with Crippen molar-refractivity contribution in [2.75, 3.05) is 0 Å². The molecule has 1 N–H and O–H groups in total. The first-order chi connectivity index (χ1) is 12.8. The van der Waals surface area contributed by atoms with Gasteiger partial charge in [0.15, 0.2) is 0 Å². The zero-order valence-electron chi connectivity index (χ0n) is 12.2. The molecule has 25 heteroatoms.